The third-order valence-corrected chi connectivity index (χ3v) is 5.11. The van der Waals surface area contributed by atoms with E-state index in [0.29, 0.717) is 12.2 Å². The van der Waals surface area contributed by atoms with Crippen LogP contribution in [0, 0.1) is 13.8 Å². The van der Waals surface area contributed by atoms with Crippen LogP contribution in [0.25, 0.3) is 0 Å². The predicted octanol–water partition coefficient (Wildman–Crippen LogP) is 3.42. The Morgan fingerprint density at radius 1 is 1.15 bits per heavy atom. The van der Waals surface area contributed by atoms with Crippen LogP contribution < -0.4 is 5.32 Å². The van der Waals surface area contributed by atoms with Gasteiger partial charge in [0.1, 0.15) is 0 Å². The average molecular weight is 372 g/mol. The number of hydrogen-bond acceptors (Lipinski definition) is 4. The first-order chi connectivity index (χ1) is 12.5. The molecule has 2 aromatic rings. The molecule has 0 spiro atoms. The minimum Gasteiger partial charge on any atom is -0.336 e. The smallest absolute Gasteiger partial charge is 0.243 e. The molecule has 26 heavy (non-hydrogen) atoms. The number of nitrogens with zero attached hydrogens (tertiary/aromatic N) is 2. The van der Waals surface area contributed by atoms with Gasteiger partial charge in [0.25, 0.3) is 0 Å². The molecule has 0 saturated carbocycles. The van der Waals surface area contributed by atoms with Gasteiger partial charge in [0.05, 0.1) is 12.2 Å². The van der Waals surface area contributed by atoms with Crippen LogP contribution >= 0.6 is 11.8 Å². The molecule has 0 unspecified atom stereocenters. The fourth-order valence-corrected chi connectivity index (χ4v) is 3.23. The summed E-state index contributed by atoms with van der Waals surface area (Å²) in [7, 11) is 1.66. The summed E-state index contributed by atoms with van der Waals surface area (Å²) in [6, 6.07) is 11.6. The summed E-state index contributed by atoms with van der Waals surface area (Å²) in [6.45, 7) is 4.03. The topological polar surface area (TPSA) is 62.3 Å². The van der Waals surface area contributed by atoms with Crippen molar-refractivity contribution in [2.24, 2.45) is 0 Å². The second-order valence-electron chi connectivity index (χ2n) is 6.17. The van der Waals surface area contributed by atoms with Gasteiger partial charge in [-0.2, -0.15) is 11.8 Å². The standard InChI is InChI=1S/C20H25N3O2S/c1-15-7-6-9-18(16(15)2)22-19(24)13-23(3)20(25)10-12-26-14-17-8-4-5-11-21-17/h4-9,11H,10,12-14H2,1-3H3,(H,22,24). The van der Waals surface area contributed by atoms with Crippen molar-refractivity contribution in [3.63, 3.8) is 0 Å². The fraction of sp³-hybridized carbons (Fsp3) is 0.350. The number of likely N-dealkylation sites (N-methyl/N-ethyl adjacent to an activating group) is 1. The van der Waals surface area contributed by atoms with Crippen molar-refractivity contribution in [2.45, 2.75) is 26.0 Å². The van der Waals surface area contributed by atoms with E-state index >= 15 is 0 Å². The first-order valence-electron chi connectivity index (χ1n) is 8.55. The summed E-state index contributed by atoms with van der Waals surface area (Å²) in [5, 5.41) is 2.88. The third kappa shape index (κ3) is 6.19. The number of amides is 2. The molecule has 0 aliphatic heterocycles. The summed E-state index contributed by atoms with van der Waals surface area (Å²) in [6.07, 6.45) is 2.17. The maximum Gasteiger partial charge on any atom is 0.243 e. The molecule has 2 amide bonds. The number of thioether (sulfide) groups is 1. The van der Waals surface area contributed by atoms with E-state index in [0.717, 1.165) is 28.3 Å². The molecule has 2 rings (SSSR count). The molecule has 0 aliphatic rings. The zero-order chi connectivity index (χ0) is 18.9. The van der Waals surface area contributed by atoms with Crippen LogP contribution in [0.1, 0.15) is 23.2 Å². The Morgan fingerprint density at radius 3 is 2.69 bits per heavy atom. The summed E-state index contributed by atoms with van der Waals surface area (Å²) in [4.78, 5) is 30.1. The van der Waals surface area contributed by atoms with E-state index < -0.39 is 0 Å². The van der Waals surface area contributed by atoms with Crippen LogP contribution in [-0.4, -0.2) is 41.0 Å². The molecule has 0 saturated heterocycles. The summed E-state index contributed by atoms with van der Waals surface area (Å²) in [5.74, 6) is 1.27. The average Bonchev–Trinajstić information content (AvgIpc) is 2.63. The van der Waals surface area contributed by atoms with E-state index in [2.05, 4.69) is 10.3 Å². The van der Waals surface area contributed by atoms with Crippen molar-refractivity contribution < 1.29 is 9.59 Å². The second kappa shape index (κ2) is 9.97. The van der Waals surface area contributed by atoms with E-state index in [1.165, 1.54) is 4.90 Å². The van der Waals surface area contributed by atoms with Crippen LogP contribution in [0.15, 0.2) is 42.6 Å². The number of rotatable bonds is 8. The van der Waals surface area contributed by atoms with Crippen LogP contribution in [0.5, 0.6) is 0 Å². The van der Waals surface area contributed by atoms with Gasteiger partial charge in [0, 0.05) is 36.9 Å². The normalized spacial score (nSPS) is 10.4. The van der Waals surface area contributed by atoms with Crippen molar-refractivity contribution >= 4 is 29.3 Å². The molecule has 0 aliphatic carbocycles. The highest BCUT2D eigenvalue weighted by molar-refractivity contribution is 7.98. The zero-order valence-corrected chi connectivity index (χ0v) is 16.3. The van der Waals surface area contributed by atoms with E-state index in [-0.39, 0.29) is 18.4 Å². The lowest BCUT2D eigenvalue weighted by molar-refractivity contribution is -0.132. The SMILES string of the molecule is Cc1cccc(NC(=O)CN(C)C(=O)CCSCc2ccccn2)c1C. The number of aromatic nitrogens is 1. The number of carbonyl (C=O) groups is 2. The van der Waals surface area contributed by atoms with Crippen molar-refractivity contribution in [1.82, 2.24) is 9.88 Å². The molecule has 0 fully saturated rings. The van der Waals surface area contributed by atoms with Gasteiger partial charge >= 0.3 is 0 Å². The number of carbonyl (C=O) groups excluding carboxylic acids is 2. The Labute approximate surface area is 159 Å². The number of nitrogens with one attached hydrogen (secondary N) is 1. The van der Waals surface area contributed by atoms with Gasteiger partial charge in [-0.3, -0.25) is 14.6 Å². The van der Waals surface area contributed by atoms with Crippen molar-refractivity contribution in [2.75, 3.05) is 24.7 Å². The van der Waals surface area contributed by atoms with E-state index in [1.807, 2.05) is 50.2 Å². The van der Waals surface area contributed by atoms with Gasteiger partial charge in [-0.15, -0.1) is 0 Å². The van der Waals surface area contributed by atoms with Gasteiger partial charge in [-0.25, -0.2) is 0 Å². The minimum absolute atomic E-state index is 0.0327. The maximum atomic E-state index is 12.2. The Balaban J connectivity index is 1.72. The molecule has 1 heterocycles. The molecule has 6 heteroatoms. The van der Waals surface area contributed by atoms with Crippen molar-refractivity contribution in [1.29, 1.82) is 0 Å². The summed E-state index contributed by atoms with van der Waals surface area (Å²) < 4.78 is 0. The fourth-order valence-electron chi connectivity index (χ4n) is 2.39. The summed E-state index contributed by atoms with van der Waals surface area (Å²) in [5.41, 5.74) is 3.96. The van der Waals surface area contributed by atoms with E-state index in [9.17, 15) is 9.59 Å². The number of hydrogen-bond donors (Lipinski definition) is 1. The molecule has 0 radical (unpaired) electrons. The Kier molecular flexibility index (Phi) is 7.66. The first-order valence-corrected chi connectivity index (χ1v) is 9.70. The molecular weight excluding hydrogens is 346 g/mol. The predicted molar refractivity (Wildman–Crippen MR) is 107 cm³/mol. The number of anilines is 1. The van der Waals surface area contributed by atoms with Crippen molar-refractivity contribution in [3.05, 3.63) is 59.4 Å². The highest BCUT2D eigenvalue weighted by Crippen LogP contribution is 2.18. The molecule has 138 valence electrons. The lowest BCUT2D eigenvalue weighted by atomic mass is 10.1. The number of benzene rings is 1. The van der Waals surface area contributed by atoms with Gasteiger partial charge in [-0.05, 0) is 43.2 Å². The largest absolute Gasteiger partial charge is 0.336 e. The van der Waals surface area contributed by atoms with E-state index in [4.69, 9.17) is 0 Å². The number of aryl methyl sites for hydroxylation is 1. The number of pyridine rings is 1. The van der Waals surface area contributed by atoms with Crippen LogP contribution in [0.2, 0.25) is 0 Å². The molecule has 1 aromatic heterocycles. The van der Waals surface area contributed by atoms with Crippen molar-refractivity contribution in [3.8, 4) is 0 Å². The second-order valence-corrected chi connectivity index (χ2v) is 7.27. The molecule has 0 atom stereocenters. The lowest BCUT2D eigenvalue weighted by Gasteiger charge is -2.17. The van der Waals surface area contributed by atoms with Gasteiger partial charge in [0.15, 0.2) is 0 Å². The minimum atomic E-state index is -0.185. The van der Waals surface area contributed by atoms with Gasteiger partial charge in [-0.1, -0.05) is 18.2 Å². The summed E-state index contributed by atoms with van der Waals surface area (Å²) >= 11 is 1.67. The monoisotopic (exact) mass is 371 g/mol. The molecule has 1 N–H and O–H groups in total. The maximum absolute atomic E-state index is 12.2. The molecular formula is C20H25N3O2S. The highest BCUT2D eigenvalue weighted by Gasteiger charge is 2.13. The van der Waals surface area contributed by atoms with Gasteiger partial charge < -0.3 is 10.2 Å². The van der Waals surface area contributed by atoms with Crippen LogP contribution in [0.4, 0.5) is 5.69 Å². The molecule has 1 aromatic carbocycles. The molecule has 5 nitrogen and oxygen atoms in total. The first kappa shape index (κ1) is 20.0. The van der Waals surface area contributed by atoms with E-state index in [1.54, 1.807) is 25.0 Å². The zero-order valence-electron chi connectivity index (χ0n) is 15.5. The van der Waals surface area contributed by atoms with Crippen LogP contribution in [0.3, 0.4) is 0 Å². The van der Waals surface area contributed by atoms with Gasteiger partial charge in [0.2, 0.25) is 11.8 Å². The highest BCUT2D eigenvalue weighted by atomic mass is 32.2. The molecule has 0 bridgehead atoms. The Hall–Kier alpha value is -2.34. The lowest BCUT2D eigenvalue weighted by Crippen LogP contribution is -2.35. The van der Waals surface area contributed by atoms with Crippen LogP contribution in [-0.2, 0) is 15.3 Å². The Morgan fingerprint density at radius 2 is 1.96 bits per heavy atom. The third-order valence-electron chi connectivity index (χ3n) is 4.12. The Bertz CT molecular complexity index is 750. The quantitative estimate of drug-likeness (QED) is 0.722.